The second-order valence-corrected chi connectivity index (χ2v) is 3.26. The molecule has 0 bridgehead atoms. The van der Waals surface area contributed by atoms with Crippen LogP contribution in [-0.4, -0.2) is 34.4 Å². The molecular formula is C12H18O4. The molecule has 0 aromatic heterocycles. The number of ether oxygens (including phenoxy) is 4. The van der Waals surface area contributed by atoms with Gasteiger partial charge in [0.2, 0.25) is 0 Å². The zero-order chi connectivity index (χ0) is 11.6. The van der Waals surface area contributed by atoms with Crippen molar-refractivity contribution in [2.24, 2.45) is 0 Å². The normalized spacial score (nSPS) is 10.4. The summed E-state index contributed by atoms with van der Waals surface area (Å²) in [5, 5.41) is 0. The van der Waals surface area contributed by atoms with Crippen LogP contribution in [0.2, 0.25) is 0 Å². The molecule has 0 aliphatic heterocycles. The van der Waals surface area contributed by atoms with Crippen molar-refractivity contribution in [2.75, 3.05) is 34.4 Å². The smallest absolute Gasteiger partial charge is 0.188 e. The van der Waals surface area contributed by atoms with E-state index in [1.165, 1.54) is 5.56 Å². The van der Waals surface area contributed by atoms with Gasteiger partial charge in [0.25, 0.3) is 0 Å². The predicted octanol–water partition coefficient (Wildman–Crippen LogP) is 1.83. The number of hydrogen-bond donors (Lipinski definition) is 0. The fraction of sp³-hybridized carbons (Fsp3) is 0.500. The van der Waals surface area contributed by atoms with E-state index in [1.54, 1.807) is 14.2 Å². The average Bonchev–Trinajstić information content (AvgIpc) is 2.33. The molecular weight excluding hydrogens is 208 g/mol. The third kappa shape index (κ3) is 5.11. The fourth-order valence-electron chi connectivity index (χ4n) is 1.21. The Labute approximate surface area is 96.1 Å². The fourth-order valence-corrected chi connectivity index (χ4v) is 1.21. The van der Waals surface area contributed by atoms with Crippen LogP contribution in [0.5, 0.6) is 5.75 Å². The number of methoxy groups -OCH3 is 2. The molecule has 16 heavy (non-hydrogen) atoms. The van der Waals surface area contributed by atoms with Gasteiger partial charge in [-0.25, -0.2) is 0 Å². The Hall–Kier alpha value is -1.10. The minimum atomic E-state index is 0.274. The maximum atomic E-state index is 5.28. The van der Waals surface area contributed by atoms with Gasteiger partial charge < -0.3 is 18.9 Å². The van der Waals surface area contributed by atoms with Crippen molar-refractivity contribution in [3.63, 3.8) is 0 Å². The van der Waals surface area contributed by atoms with Crippen LogP contribution in [0.3, 0.4) is 0 Å². The largest absolute Gasteiger partial charge is 0.468 e. The van der Waals surface area contributed by atoms with Crippen molar-refractivity contribution in [1.29, 1.82) is 0 Å². The molecule has 0 aliphatic carbocycles. The molecule has 0 amide bonds. The van der Waals surface area contributed by atoms with Crippen LogP contribution in [0, 0.1) is 0 Å². The lowest BCUT2D eigenvalue weighted by Gasteiger charge is -2.06. The number of benzene rings is 1. The third-order valence-corrected chi connectivity index (χ3v) is 2.00. The standard InChI is InChI=1S/C12H18O4/c1-13-9-15-8-7-11-3-5-12(6-4-11)16-10-14-2/h3-6H,7-10H2,1-2H3. The van der Waals surface area contributed by atoms with E-state index in [2.05, 4.69) is 0 Å². The first-order chi connectivity index (χ1) is 7.86. The molecule has 0 fully saturated rings. The summed E-state index contributed by atoms with van der Waals surface area (Å²) in [6, 6.07) is 7.87. The Morgan fingerprint density at radius 3 is 2.25 bits per heavy atom. The van der Waals surface area contributed by atoms with Crippen LogP contribution in [0.1, 0.15) is 5.56 Å². The zero-order valence-corrected chi connectivity index (χ0v) is 9.77. The van der Waals surface area contributed by atoms with Crippen LogP contribution >= 0.6 is 0 Å². The van der Waals surface area contributed by atoms with Crippen molar-refractivity contribution >= 4 is 0 Å². The van der Waals surface area contributed by atoms with Gasteiger partial charge >= 0.3 is 0 Å². The Morgan fingerprint density at radius 1 is 0.938 bits per heavy atom. The molecule has 0 saturated carbocycles. The van der Waals surface area contributed by atoms with Gasteiger partial charge in [-0.3, -0.25) is 0 Å². The van der Waals surface area contributed by atoms with Crippen molar-refractivity contribution in [2.45, 2.75) is 6.42 Å². The Morgan fingerprint density at radius 2 is 1.62 bits per heavy atom. The quantitative estimate of drug-likeness (QED) is 0.500. The third-order valence-electron chi connectivity index (χ3n) is 2.00. The van der Waals surface area contributed by atoms with Gasteiger partial charge in [0.15, 0.2) is 6.79 Å². The highest BCUT2D eigenvalue weighted by molar-refractivity contribution is 5.27. The van der Waals surface area contributed by atoms with Gasteiger partial charge in [-0.1, -0.05) is 12.1 Å². The van der Waals surface area contributed by atoms with Crippen LogP contribution in [0.15, 0.2) is 24.3 Å². The van der Waals surface area contributed by atoms with Gasteiger partial charge in [0.05, 0.1) is 6.61 Å². The van der Waals surface area contributed by atoms with E-state index >= 15 is 0 Å². The summed E-state index contributed by atoms with van der Waals surface area (Å²) in [6.07, 6.45) is 0.869. The Bertz CT molecular complexity index is 271. The Balaban J connectivity index is 2.27. The van der Waals surface area contributed by atoms with Crippen molar-refractivity contribution in [1.82, 2.24) is 0 Å². The van der Waals surface area contributed by atoms with E-state index in [1.807, 2.05) is 24.3 Å². The number of rotatable bonds is 8. The zero-order valence-electron chi connectivity index (χ0n) is 9.77. The Kier molecular flexibility index (Phi) is 6.56. The summed E-state index contributed by atoms with van der Waals surface area (Å²) < 4.78 is 20.1. The van der Waals surface area contributed by atoms with E-state index in [0.29, 0.717) is 13.4 Å². The van der Waals surface area contributed by atoms with Crippen LogP contribution < -0.4 is 4.74 Å². The van der Waals surface area contributed by atoms with Crippen LogP contribution in [0.25, 0.3) is 0 Å². The van der Waals surface area contributed by atoms with Gasteiger partial charge in [-0.2, -0.15) is 0 Å². The molecule has 0 unspecified atom stereocenters. The highest BCUT2D eigenvalue weighted by atomic mass is 16.7. The van der Waals surface area contributed by atoms with E-state index in [9.17, 15) is 0 Å². The summed E-state index contributed by atoms with van der Waals surface area (Å²) >= 11 is 0. The first-order valence-corrected chi connectivity index (χ1v) is 5.14. The predicted molar refractivity (Wildman–Crippen MR) is 60.5 cm³/mol. The van der Waals surface area contributed by atoms with Crippen molar-refractivity contribution in [3.05, 3.63) is 29.8 Å². The lowest BCUT2D eigenvalue weighted by atomic mass is 10.1. The second kappa shape index (κ2) is 8.10. The van der Waals surface area contributed by atoms with Gasteiger partial charge in [-0.05, 0) is 24.1 Å². The van der Waals surface area contributed by atoms with Crippen molar-refractivity contribution < 1.29 is 18.9 Å². The summed E-state index contributed by atoms with van der Waals surface area (Å²) in [5.74, 6) is 0.809. The molecule has 90 valence electrons. The molecule has 0 heterocycles. The first kappa shape index (κ1) is 13.0. The monoisotopic (exact) mass is 226 g/mol. The molecule has 1 aromatic carbocycles. The molecule has 0 spiro atoms. The van der Waals surface area contributed by atoms with Crippen LogP contribution in [-0.2, 0) is 20.6 Å². The molecule has 0 N–H and O–H groups in total. The maximum Gasteiger partial charge on any atom is 0.188 e. The summed E-state index contributed by atoms with van der Waals surface area (Å²) in [6.45, 7) is 1.28. The van der Waals surface area contributed by atoms with Crippen LogP contribution in [0.4, 0.5) is 0 Å². The summed E-state index contributed by atoms with van der Waals surface area (Å²) in [5.41, 5.74) is 1.21. The van der Waals surface area contributed by atoms with E-state index in [4.69, 9.17) is 18.9 Å². The second-order valence-electron chi connectivity index (χ2n) is 3.26. The molecule has 1 aromatic rings. The molecule has 0 saturated heterocycles. The number of hydrogen-bond acceptors (Lipinski definition) is 4. The highest BCUT2D eigenvalue weighted by Crippen LogP contribution is 2.12. The molecule has 0 radical (unpaired) electrons. The van der Waals surface area contributed by atoms with Gasteiger partial charge in [0, 0.05) is 14.2 Å². The highest BCUT2D eigenvalue weighted by Gasteiger charge is 1.95. The molecule has 4 heteroatoms. The first-order valence-electron chi connectivity index (χ1n) is 5.14. The van der Waals surface area contributed by atoms with E-state index < -0.39 is 0 Å². The topological polar surface area (TPSA) is 36.9 Å². The van der Waals surface area contributed by atoms with E-state index in [0.717, 1.165) is 12.2 Å². The lowest BCUT2D eigenvalue weighted by molar-refractivity contribution is -0.0291. The molecule has 0 atom stereocenters. The summed E-state index contributed by atoms with van der Waals surface area (Å²) in [4.78, 5) is 0. The van der Waals surface area contributed by atoms with Crippen molar-refractivity contribution in [3.8, 4) is 5.75 Å². The minimum Gasteiger partial charge on any atom is -0.468 e. The maximum absolute atomic E-state index is 5.28. The molecule has 0 aliphatic rings. The molecule has 4 nitrogen and oxygen atoms in total. The molecule has 1 rings (SSSR count). The minimum absolute atomic E-state index is 0.274. The average molecular weight is 226 g/mol. The van der Waals surface area contributed by atoms with Gasteiger partial charge in [0.1, 0.15) is 12.5 Å². The van der Waals surface area contributed by atoms with E-state index in [-0.39, 0.29) is 6.79 Å². The lowest BCUT2D eigenvalue weighted by Crippen LogP contribution is -2.02. The summed E-state index contributed by atoms with van der Waals surface area (Å²) in [7, 11) is 3.21. The SMILES string of the molecule is COCOCCc1ccc(OCOC)cc1. The van der Waals surface area contributed by atoms with Gasteiger partial charge in [-0.15, -0.1) is 0 Å².